The molecule has 18 heavy (non-hydrogen) atoms. The number of aliphatic imine (C=N–C) groups is 1. The molecule has 0 saturated heterocycles. The molecule has 1 rings (SSSR count). The van der Waals surface area contributed by atoms with Gasteiger partial charge in [-0.25, -0.2) is 9.38 Å². The summed E-state index contributed by atoms with van der Waals surface area (Å²) in [5.41, 5.74) is 7.37. The summed E-state index contributed by atoms with van der Waals surface area (Å²) in [6.45, 7) is 6.57. The Morgan fingerprint density at radius 2 is 2.22 bits per heavy atom. The topological polar surface area (TPSA) is 50.4 Å². The van der Waals surface area contributed by atoms with Crippen LogP contribution in [0.2, 0.25) is 0 Å². The Labute approximate surface area is 132 Å². The number of guanidine groups is 1. The molecule has 1 aromatic carbocycles. The molecule has 3 N–H and O–H groups in total. The predicted molar refractivity (Wildman–Crippen MR) is 87.7 cm³/mol. The molecule has 0 aromatic heterocycles. The molecule has 100 valence electrons. The van der Waals surface area contributed by atoms with Gasteiger partial charge in [-0.2, -0.15) is 0 Å². The predicted octanol–water partition coefficient (Wildman–Crippen LogP) is 3.19. The van der Waals surface area contributed by atoms with Gasteiger partial charge >= 0.3 is 0 Å². The van der Waals surface area contributed by atoms with Crippen molar-refractivity contribution in [3.63, 3.8) is 0 Å². The minimum absolute atomic E-state index is 0. The first kappa shape index (κ1) is 17.4. The Kier molecular flexibility index (Phi) is 8.17. The first-order valence-corrected chi connectivity index (χ1v) is 5.90. The highest BCUT2D eigenvalue weighted by Gasteiger charge is 2.00. The summed E-state index contributed by atoms with van der Waals surface area (Å²) in [6.07, 6.45) is 0. The number of nitrogens with one attached hydrogen (secondary N) is 1. The quantitative estimate of drug-likeness (QED) is 0.335. The summed E-state index contributed by atoms with van der Waals surface area (Å²) < 4.78 is 13.6. The summed E-state index contributed by atoms with van der Waals surface area (Å²) in [5.74, 6) is 0.0301. The van der Waals surface area contributed by atoms with Gasteiger partial charge in [0, 0.05) is 6.54 Å². The van der Waals surface area contributed by atoms with Gasteiger partial charge < -0.3 is 11.1 Å². The van der Waals surface area contributed by atoms with Gasteiger partial charge in [0.25, 0.3) is 0 Å². The van der Waals surface area contributed by atoms with Gasteiger partial charge in [-0.3, -0.25) is 0 Å². The van der Waals surface area contributed by atoms with Crippen molar-refractivity contribution in [1.29, 1.82) is 0 Å². The van der Waals surface area contributed by atoms with Crippen LogP contribution >= 0.6 is 39.9 Å². The average molecular weight is 428 g/mol. The lowest BCUT2D eigenvalue weighted by molar-refractivity contribution is 0.618. The number of benzene rings is 1. The number of halogens is 3. The van der Waals surface area contributed by atoms with Crippen LogP contribution in [0.1, 0.15) is 12.5 Å². The zero-order chi connectivity index (χ0) is 12.8. The highest BCUT2D eigenvalue weighted by Crippen LogP contribution is 2.16. The number of nitrogens with two attached hydrogens (primary N) is 1. The van der Waals surface area contributed by atoms with E-state index in [0.29, 0.717) is 23.5 Å². The van der Waals surface area contributed by atoms with Crippen molar-refractivity contribution in [1.82, 2.24) is 5.32 Å². The Morgan fingerprint density at radius 3 is 2.78 bits per heavy atom. The molecule has 3 nitrogen and oxygen atoms in total. The summed E-state index contributed by atoms with van der Waals surface area (Å²) in [6, 6.07) is 4.88. The molecule has 0 bridgehead atoms. The molecule has 0 saturated carbocycles. The van der Waals surface area contributed by atoms with E-state index in [1.807, 2.05) is 6.92 Å². The van der Waals surface area contributed by atoms with Crippen LogP contribution < -0.4 is 11.1 Å². The smallest absolute Gasteiger partial charge is 0.189 e. The molecule has 0 aliphatic rings. The lowest BCUT2D eigenvalue weighted by Gasteiger charge is -2.05. The SMILES string of the molecule is C=C(C)CNC(N)=NCc1ccc(Br)c(F)c1.I. The van der Waals surface area contributed by atoms with E-state index in [-0.39, 0.29) is 29.8 Å². The van der Waals surface area contributed by atoms with Crippen LogP contribution in [-0.2, 0) is 6.54 Å². The normalized spacial score (nSPS) is 10.7. The maximum absolute atomic E-state index is 13.2. The van der Waals surface area contributed by atoms with Gasteiger partial charge in [0.1, 0.15) is 5.82 Å². The van der Waals surface area contributed by atoms with Crippen molar-refractivity contribution in [3.8, 4) is 0 Å². The summed E-state index contributed by atoms with van der Waals surface area (Å²) in [5, 5.41) is 2.90. The van der Waals surface area contributed by atoms with Crippen molar-refractivity contribution < 1.29 is 4.39 Å². The molecule has 0 aliphatic carbocycles. The minimum atomic E-state index is -0.300. The molecule has 0 fully saturated rings. The Balaban J connectivity index is 0.00000289. The van der Waals surface area contributed by atoms with E-state index >= 15 is 0 Å². The number of hydrogen-bond donors (Lipinski definition) is 2. The monoisotopic (exact) mass is 427 g/mol. The van der Waals surface area contributed by atoms with Crippen molar-refractivity contribution >= 4 is 45.9 Å². The molecule has 0 radical (unpaired) electrons. The highest BCUT2D eigenvalue weighted by atomic mass is 127. The van der Waals surface area contributed by atoms with Crippen LogP contribution in [0.5, 0.6) is 0 Å². The van der Waals surface area contributed by atoms with Gasteiger partial charge in [-0.15, -0.1) is 24.0 Å². The maximum atomic E-state index is 13.2. The first-order chi connectivity index (χ1) is 7.99. The summed E-state index contributed by atoms with van der Waals surface area (Å²) in [4.78, 5) is 4.10. The second kappa shape index (κ2) is 8.47. The summed E-state index contributed by atoms with van der Waals surface area (Å²) in [7, 11) is 0. The molecule has 0 unspecified atom stereocenters. The molecule has 6 heteroatoms. The largest absolute Gasteiger partial charge is 0.370 e. The molecule has 0 aliphatic heterocycles. The third-order valence-electron chi connectivity index (χ3n) is 1.99. The zero-order valence-corrected chi connectivity index (χ0v) is 14.0. The van der Waals surface area contributed by atoms with E-state index in [1.54, 1.807) is 12.1 Å². The Hall–Kier alpha value is -0.630. The second-order valence-corrected chi connectivity index (χ2v) is 4.61. The highest BCUT2D eigenvalue weighted by molar-refractivity contribution is 14.0. The van der Waals surface area contributed by atoms with Crippen LogP contribution in [0.25, 0.3) is 0 Å². The Morgan fingerprint density at radius 1 is 1.56 bits per heavy atom. The standard InChI is InChI=1S/C12H15BrFN3.HI/c1-8(2)6-16-12(15)17-7-9-3-4-10(13)11(14)5-9;/h3-5H,1,6-7H2,2H3,(H3,15,16,17);1H. The van der Waals surface area contributed by atoms with Crippen LogP contribution in [0.4, 0.5) is 4.39 Å². The number of nitrogens with zero attached hydrogens (tertiary/aromatic N) is 1. The number of hydrogen-bond acceptors (Lipinski definition) is 1. The molecule has 0 heterocycles. The van der Waals surface area contributed by atoms with Gasteiger partial charge in [0.15, 0.2) is 5.96 Å². The second-order valence-electron chi connectivity index (χ2n) is 3.76. The van der Waals surface area contributed by atoms with Gasteiger partial charge in [0.05, 0.1) is 11.0 Å². The van der Waals surface area contributed by atoms with E-state index in [9.17, 15) is 4.39 Å². The summed E-state index contributed by atoms with van der Waals surface area (Å²) >= 11 is 3.09. The lowest BCUT2D eigenvalue weighted by atomic mass is 10.2. The fourth-order valence-electron chi connectivity index (χ4n) is 1.11. The van der Waals surface area contributed by atoms with Crippen LogP contribution in [0.15, 0.2) is 39.8 Å². The van der Waals surface area contributed by atoms with Crippen molar-refractivity contribution in [2.45, 2.75) is 13.5 Å². The van der Waals surface area contributed by atoms with E-state index in [2.05, 4.69) is 32.8 Å². The van der Waals surface area contributed by atoms with Crippen molar-refractivity contribution in [2.75, 3.05) is 6.54 Å². The van der Waals surface area contributed by atoms with Gasteiger partial charge in [0.2, 0.25) is 0 Å². The molecule has 0 spiro atoms. The van der Waals surface area contributed by atoms with Gasteiger partial charge in [-0.05, 0) is 40.5 Å². The van der Waals surface area contributed by atoms with E-state index in [0.717, 1.165) is 11.1 Å². The van der Waals surface area contributed by atoms with Crippen molar-refractivity contribution in [2.24, 2.45) is 10.7 Å². The maximum Gasteiger partial charge on any atom is 0.189 e. The molecule has 0 atom stereocenters. The van der Waals surface area contributed by atoms with Crippen LogP contribution in [0, 0.1) is 5.82 Å². The van der Waals surface area contributed by atoms with Gasteiger partial charge in [-0.1, -0.05) is 18.2 Å². The molecule has 0 amide bonds. The van der Waals surface area contributed by atoms with Crippen molar-refractivity contribution in [3.05, 3.63) is 46.2 Å². The fourth-order valence-corrected chi connectivity index (χ4v) is 1.36. The third kappa shape index (κ3) is 6.34. The molecular weight excluding hydrogens is 412 g/mol. The van der Waals surface area contributed by atoms with E-state index in [4.69, 9.17) is 5.73 Å². The van der Waals surface area contributed by atoms with E-state index in [1.165, 1.54) is 6.07 Å². The molecule has 1 aromatic rings. The average Bonchev–Trinajstić information content (AvgIpc) is 2.28. The van der Waals surface area contributed by atoms with Crippen LogP contribution in [-0.4, -0.2) is 12.5 Å². The molecular formula is C12H16BrFIN3. The fraction of sp³-hybridized carbons (Fsp3) is 0.250. The zero-order valence-electron chi connectivity index (χ0n) is 10.0. The minimum Gasteiger partial charge on any atom is -0.370 e. The number of rotatable bonds is 4. The van der Waals surface area contributed by atoms with Crippen LogP contribution in [0.3, 0.4) is 0 Å². The van der Waals surface area contributed by atoms with E-state index < -0.39 is 0 Å². The lowest BCUT2D eigenvalue weighted by Crippen LogP contribution is -2.32. The third-order valence-corrected chi connectivity index (χ3v) is 2.63. The first-order valence-electron chi connectivity index (χ1n) is 5.11. The Bertz CT molecular complexity index is 449.